The summed E-state index contributed by atoms with van der Waals surface area (Å²) < 4.78 is 41.0. The van der Waals surface area contributed by atoms with Gasteiger partial charge in [0.05, 0.1) is 19.4 Å². The lowest BCUT2D eigenvalue weighted by atomic mass is 10.1. The van der Waals surface area contributed by atoms with Crippen LogP contribution in [-0.2, 0) is 9.53 Å². The molecule has 0 aromatic carbocycles. The molecule has 1 unspecified atom stereocenters. The highest BCUT2D eigenvalue weighted by Gasteiger charge is 2.31. The number of hydrogen-bond donors (Lipinski definition) is 0. The summed E-state index contributed by atoms with van der Waals surface area (Å²) in [5.74, 6) is -0.414. The number of carbonyl (C=O) groups is 1. The molecule has 5 nitrogen and oxygen atoms in total. The van der Waals surface area contributed by atoms with Crippen molar-refractivity contribution in [2.75, 3.05) is 11.9 Å². The van der Waals surface area contributed by atoms with E-state index in [1.54, 1.807) is 0 Å². The molecule has 0 saturated heterocycles. The van der Waals surface area contributed by atoms with E-state index in [9.17, 15) is 18.0 Å². The van der Waals surface area contributed by atoms with E-state index >= 15 is 0 Å². The van der Waals surface area contributed by atoms with Gasteiger partial charge in [-0.3, -0.25) is 4.79 Å². The Hall–Kier alpha value is -0.950. The maximum Gasteiger partial charge on any atom is 0.389 e. The van der Waals surface area contributed by atoms with Crippen molar-refractivity contribution >= 4 is 21.9 Å². The molecular formula is C9H13BrF3N3O2. The number of azide groups is 1. The molecule has 0 saturated carbocycles. The predicted molar refractivity (Wildman–Crippen MR) is 62.2 cm³/mol. The smallest absolute Gasteiger partial charge is 0.389 e. The number of hydrogen-bond acceptors (Lipinski definition) is 3. The summed E-state index contributed by atoms with van der Waals surface area (Å²) >= 11 is 3.05. The average Bonchev–Trinajstić information content (AvgIpc) is 2.23. The molecule has 0 bridgehead atoms. The molecular weight excluding hydrogens is 319 g/mol. The van der Waals surface area contributed by atoms with Crippen molar-refractivity contribution in [1.29, 1.82) is 0 Å². The molecule has 0 heterocycles. The zero-order valence-corrected chi connectivity index (χ0v) is 11.1. The Morgan fingerprint density at radius 3 is 2.67 bits per heavy atom. The molecule has 0 rings (SSSR count). The summed E-state index contributed by atoms with van der Waals surface area (Å²) in [6, 6.07) is -1.15. The second-order valence-electron chi connectivity index (χ2n) is 3.48. The molecule has 18 heavy (non-hydrogen) atoms. The summed E-state index contributed by atoms with van der Waals surface area (Å²) in [6.07, 6.45) is -5.06. The van der Waals surface area contributed by atoms with E-state index < -0.39 is 24.6 Å². The predicted octanol–water partition coefficient (Wildman–Crippen LogP) is 3.73. The van der Waals surface area contributed by atoms with Crippen molar-refractivity contribution in [1.82, 2.24) is 0 Å². The topological polar surface area (TPSA) is 75.1 Å². The number of carbonyl (C=O) groups excluding carboxylic acids is 1. The van der Waals surface area contributed by atoms with Crippen LogP contribution >= 0.6 is 15.9 Å². The molecule has 0 N–H and O–H groups in total. The molecule has 0 aliphatic heterocycles. The van der Waals surface area contributed by atoms with E-state index in [4.69, 9.17) is 10.3 Å². The molecule has 0 aliphatic rings. The summed E-state index contributed by atoms with van der Waals surface area (Å²) in [5.41, 5.74) is 8.15. The lowest BCUT2D eigenvalue weighted by Gasteiger charge is -2.13. The highest BCUT2D eigenvalue weighted by Crippen LogP contribution is 2.25. The molecule has 104 valence electrons. The van der Waals surface area contributed by atoms with Crippen LogP contribution in [0.1, 0.15) is 25.7 Å². The Morgan fingerprint density at radius 1 is 1.50 bits per heavy atom. The van der Waals surface area contributed by atoms with Crippen LogP contribution in [0.5, 0.6) is 0 Å². The van der Waals surface area contributed by atoms with E-state index in [1.165, 1.54) is 0 Å². The van der Waals surface area contributed by atoms with Crippen LogP contribution in [0.4, 0.5) is 13.2 Å². The minimum Gasteiger partial charge on any atom is -0.466 e. The van der Waals surface area contributed by atoms with Crippen LogP contribution in [0.15, 0.2) is 5.11 Å². The lowest BCUT2D eigenvalue weighted by Crippen LogP contribution is -2.18. The van der Waals surface area contributed by atoms with Gasteiger partial charge in [-0.2, -0.15) is 13.2 Å². The van der Waals surface area contributed by atoms with Crippen LogP contribution in [0.3, 0.4) is 0 Å². The number of esters is 1. The van der Waals surface area contributed by atoms with Crippen LogP contribution < -0.4 is 0 Å². The highest BCUT2D eigenvalue weighted by molar-refractivity contribution is 9.09. The number of ether oxygens (including phenoxy) is 1. The molecule has 9 heteroatoms. The van der Waals surface area contributed by atoms with E-state index in [1.807, 2.05) is 0 Å². The fraction of sp³-hybridized carbons (Fsp3) is 0.889. The summed E-state index contributed by atoms with van der Waals surface area (Å²) in [5, 5.41) is 3.55. The van der Waals surface area contributed by atoms with E-state index in [0.29, 0.717) is 5.33 Å². The van der Waals surface area contributed by atoms with Gasteiger partial charge in [-0.05, 0) is 18.4 Å². The maximum atomic E-state index is 12.1. The molecule has 0 fully saturated rings. The first-order valence-corrected chi connectivity index (χ1v) is 6.33. The van der Waals surface area contributed by atoms with Crippen molar-refractivity contribution in [2.45, 2.75) is 37.9 Å². The summed E-state index contributed by atoms with van der Waals surface area (Å²) in [4.78, 5) is 13.3. The van der Waals surface area contributed by atoms with Crippen molar-refractivity contribution in [2.24, 2.45) is 5.11 Å². The summed E-state index contributed by atoms with van der Waals surface area (Å²) in [6.45, 7) is 0.0289. The molecule has 0 aliphatic carbocycles. The Morgan fingerprint density at radius 2 is 2.17 bits per heavy atom. The first-order valence-electron chi connectivity index (χ1n) is 5.21. The van der Waals surface area contributed by atoms with Crippen LogP contribution in [0.25, 0.3) is 10.4 Å². The van der Waals surface area contributed by atoms with E-state index in [0.717, 1.165) is 0 Å². The zero-order chi connectivity index (χ0) is 14.0. The third-order valence-electron chi connectivity index (χ3n) is 1.93. The number of rotatable bonds is 8. The van der Waals surface area contributed by atoms with E-state index in [-0.39, 0.29) is 25.9 Å². The van der Waals surface area contributed by atoms with Gasteiger partial charge in [0.2, 0.25) is 0 Å². The van der Waals surface area contributed by atoms with Crippen LogP contribution in [0.2, 0.25) is 0 Å². The molecule has 0 spiro atoms. The molecule has 0 aromatic heterocycles. The van der Waals surface area contributed by atoms with Gasteiger partial charge in [0.1, 0.15) is 0 Å². The minimum atomic E-state index is -4.37. The lowest BCUT2D eigenvalue weighted by molar-refractivity contribution is -0.144. The minimum absolute atomic E-state index is 0.0289. The molecule has 0 amide bonds. The monoisotopic (exact) mass is 331 g/mol. The Kier molecular flexibility index (Phi) is 8.57. The van der Waals surface area contributed by atoms with Crippen LogP contribution in [0, 0.1) is 0 Å². The first-order chi connectivity index (χ1) is 8.39. The molecule has 0 aromatic rings. The Labute approximate surface area is 110 Å². The average molecular weight is 332 g/mol. The van der Waals surface area contributed by atoms with Crippen molar-refractivity contribution in [3.8, 4) is 0 Å². The van der Waals surface area contributed by atoms with Gasteiger partial charge in [-0.15, -0.1) is 0 Å². The molecule has 1 atom stereocenters. The first kappa shape index (κ1) is 17.1. The largest absolute Gasteiger partial charge is 0.466 e. The van der Waals surface area contributed by atoms with Crippen molar-refractivity contribution in [3.63, 3.8) is 0 Å². The van der Waals surface area contributed by atoms with Gasteiger partial charge in [-0.25, -0.2) is 0 Å². The molecule has 0 radical (unpaired) electrons. The standard InChI is InChI=1S/C9H13BrF3N3O2/c10-4-3-8(17)18-5-1-2-7(15-16-14)6-9(11,12)13/h7H,1-6H2. The number of alkyl halides is 4. The second-order valence-corrected chi connectivity index (χ2v) is 4.27. The van der Waals surface area contributed by atoms with Gasteiger partial charge in [0, 0.05) is 16.3 Å². The third-order valence-corrected chi connectivity index (χ3v) is 2.32. The Balaban J connectivity index is 3.91. The van der Waals surface area contributed by atoms with Crippen LogP contribution in [-0.4, -0.2) is 30.1 Å². The van der Waals surface area contributed by atoms with Gasteiger partial charge in [0.25, 0.3) is 0 Å². The maximum absolute atomic E-state index is 12.1. The second kappa shape index (κ2) is 9.04. The number of nitrogens with zero attached hydrogens (tertiary/aromatic N) is 3. The highest BCUT2D eigenvalue weighted by atomic mass is 79.9. The van der Waals surface area contributed by atoms with Crippen molar-refractivity contribution in [3.05, 3.63) is 10.4 Å². The quantitative estimate of drug-likeness (QED) is 0.170. The third kappa shape index (κ3) is 10.2. The van der Waals surface area contributed by atoms with Crippen molar-refractivity contribution < 1.29 is 22.7 Å². The summed E-state index contributed by atoms with van der Waals surface area (Å²) in [7, 11) is 0. The SMILES string of the molecule is [N-]=[N+]=NC(CCCOC(=O)CCBr)CC(F)(F)F. The normalized spacial score (nSPS) is 12.7. The van der Waals surface area contributed by atoms with Gasteiger partial charge < -0.3 is 4.74 Å². The fourth-order valence-corrected chi connectivity index (χ4v) is 1.52. The van der Waals surface area contributed by atoms with Gasteiger partial charge >= 0.3 is 12.1 Å². The fourth-order valence-electron chi connectivity index (χ4n) is 1.20. The van der Waals surface area contributed by atoms with E-state index in [2.05, 4.69) is 26.0 Å². The van der Waals surface area contributed by atoms with Gasteiger partial charge in [0.15, 0.2) is 0 Å². The zero-order valence-electron chi connectivity index (χ0n) is 9.49. The number of halogens is 4. The Bertz CT molecular complexity index is 306. The van der Waals surface area contributed by atoms with Gasteiger partial charge in [-0.1, -0.05) is 21.0 Å².